The summed E-state index contributed by atoms with van der Waals surface area (Å²) in [6, 6.07) is 1.93. The van der Waals surface area contributed by atoms with E-state index in [9.17, 15) is 0 Å². The van der Waals surface area contributed by atoms with Crippen LogP contribution in [0.3, 0.4) is 0 Å². The molecule has 3 nitrogen and oxygen atoms in total. The predicted molar refractivity (Wildman–Crippen MR) is 57.2 cm³/mol. The molecule has 0 aromatic carbocycles. The van der Waals surface area contributed by atoms with Crippen LogP contribution in [0.4, 0.5) is 5.82 Å². The van der Waals surface area contributed by atoms with E-state index in [-0.39, 0.29) is 0 Å². The molecule has 2 rings (SSSR count). The molecule has 0 atom stereocenters. The molecule has 1 aliphatic carbocycles. The van der Waals surface area contributed by atoms with Gasteiger partial charge < -0.3 is 5.32 Å². The molecule has 1 aliphatic rings. The Morgan fingerprint density at radius 2 is 2.21 bits per heavy atom. The summed E-state index contributed by atoms with van der Waals surface area (Å²) in [6.45, 7) is 2.98. The van der Waals surface area contributed by atoms with Crippen LogP contribution in [0.5, 0.6) is 0 Å². The zero-order valence-corrected chi connectivity index (χ0v) is 8.66. The molecule has 14 heavy (non-hydrogen) atoms. The topological polar surface area (TPSA) is 37.8 Å². The van der Waals surface area contributed by atoms with Gasteiger partial charge in [0.25, 0.3) is 0 Å². The number of anilines is 1. The number of aromatic nitrogens is 2. The van der Waals surface area contributed by atoms with E-state index in [1.807, 2.05) is 13.0 Å². The summed E-state index contributed by atoms with van der Waals surface area (Å²) in [5, 5.41) is 3.38. The first-order valence-corrected chi connectivity index (χ1v) is 5.38. The van der Waals surface area contributed by atoms with Crippen LogP contribution in [-0.2, 0) is 0 Å². The van der Waals surface area contributed by atoms with Crippen molar-refractivity contribution in [1.82, 2.24) is 9.97 Å². The average Bonchev–Trinajstić information content (AvgIpc) is 2.67. The van der Waals surface area contributed by atoms with E-state index in [2.05, 4.69) is 15.3 Å². The van der Waals surface area contributed by atoms with Crippen molar-refractivity contribution >= 4 is 5.82 Å². The van der Waals surface area contributed by atoms with Gasteiger partial charge in [0.2, 0.25) is 0 Å². The molecule has 0 spiro atoms. The third-order valence-electron chi connectivity index (χ3n) is 2.82. The highest BCUT2D eigenvalue weighted by atomic mass is 15.0. The minimum atomic E-state index is 0.835. The molecule has 0 saturated heterocycles. The molecule has 1 fully saturated rings. The number of hydrogen-bond donors (Lipinski definition) is 1. The van der Waals surface area contributed by atoms with Gasteiger partial charge in [0.15, 0.2) is 0 Å². The van der Waals surface area contributed by atoms with Crippen LogP contribution < -0.4 is 5.32 Å². The molecular formula is C11H17N3. The number of nitrogens with zero attached hydrogens (tertiary/aromatic N) is 2. The molecule has 0 bridgehead atoms. The molecule has 1 N–H and O–H groups in total. The van der Waals surface area contributed by atoms with Gasteiger partial charge in [-0.3, -0.25) is 0 Å². The Labute approximate surface area is 85.0 Å². The summed E-state index contributed by atoms with van der Waals surface area (Å²) in [4.78, 5) is 8.38. The van der Waals surface area contributed by atoms with E-state index >= 15 is 0 Å². The van der Waals surface area contributed by atoms with Crippen LogP contribution >= 0.6 is 0 Å². The summed E-state index contributed by atoms with van der Waals surface area (Å²) >= 11 is 0. The quantitative estimate of drug-likeness (QED) is 0.797. The summed E-state index contributed by atoms with van der Waals surface area (Å²) in [7, 11) is 0. The second-order valence-corrected chi connectivity index (χ2v) is 4.02. The first kappa shape index (κ1) is 9.44. The SMILES string of the molecule is Cc1nccc(NCC2CCCC2)n1. The van der Waals surface area contributed by atoms with Gasteiger partial charge in [-0.05, 0) is 31.7 Å². The van der Waals surface area contributed by atoms with Gasteiger partial charge in [-0.1, -0.05) is 12.8 Å². The third kappa shape index (κ3) is 2.44. The van der Waals surface area contributed by atoms with Crippen molar-refractivity contribution in [3.8, 4) is 0 Å². The Balaban J connectivity index is 1.85. The molecule has 0 amide bonds. The normalized spacial score (nSPS) is 17.2. The van der Waals surface area contributed by atoms with Gasteiger partial charge in [0.1, 0.15) is 11.6 Å². The smallest absolute Gasteiger partial charge is 0.129 e. The van der Waals surface area contributed by atoms with Crippen molar-refractivity contribution < 1.29 is 0 Å². The van der Waals surface area contributed by atoms with E-state index in [4.69, 9.17) is 0 Å². The van der Waals surface area contributed by atoms with Crippen LogP contribution in [0.2, 0.25) is 0 Å². The third-order valence-corrected chi connectivity index (χ3v) is 2.82. The van der Waals surface area contributed by atoms with Crippen LogP contribution in [0.1, 0.15) is 31.5 Å². The second-order valence-electron chi connectivity index (χ2n) is 4.02. The van der Waals surface area contributed by atoms with Crippen LogP contribution in [0.25, 0.3) is 0 Å². The van der Waals surface area contributed by atoms with E-state index in [0.717, 1.165) is 24.1 Å². The molecule has 1 saturated carbocycles. The fourth-order valence-electron chi connectivity index (χ4n) is 2.02. The zero-order valence-electron chi connectivity index (χ0n) is 8.66. The van der Waals surface area contributed by atoms with Crippen molar-refractivity contribution in [2.45, 2.75) is 32.6 Å². The largest absolute Gasteiger partial charge is 0.370 e. The molecule has 0 unspecified atom stereocenters. The van der Waals surface area contributed by atoms with Crippen molar-refractivity contribution in [2.75, 3.05) is 11.9 Å². The summed E-state index contributed by atoms with van der Waals surface area (Å²) in [5.41, 5.74) is 0. The highest BCUT2D eigenvalue weighted by Crippen LogP contribution is 2.24. The molecule has 76 valence electrons. The Morgan fingerprint density at radius 3 is 2.93 bits per heavy atom. The Hall–Kier alpha value is -1.12. The van der Waals surface area contributed by atoms with Crippen molar-refractivity contribution in [3.05, 3.63) is 18.1 Å². The van der Waals surface area contributed by atoms with Gasteiger partial charge in [-0.15, -0.1) is 0 Å². The maximum Gasteiger partial charge on any atom is 0.129 e. The molecule has 0 radical (unpaired) electrons. The van der Waals surface area contributed by atoms with Gasteiger partial charge >= 0.3 is 0 Å². The van der Waals surface area contributed by atoms with E-state index in [1.165, 1.54) is 25.7 Å². The molecule has 0 aliphatic heterocycles. The molecule has 3 heteroatoms. The Kier molecular flexibility index (Phi) is 2.96. The highest BCUT2D eigenvalue weighted by Gasteiger charge is 2.14. The van der Waals surface area contributed by atoms with Gasteiger partial charge in [0.05, 0.1) is 0 Å². The predicted octanol–water partition coefficient (Wildman–Crippen LogP) is 2.39. The molecule has 1 aromatic heterocycles. The number of rotatable bonds is 3. The standard InChI is InChI=1S/C11H17N3/c1-9-12-7-6-11(14-9)13-8-10-4-2-3-5-10/h6-7,10H,2-5,8H2,1H3,(H,12,13,14). The highest BCUT2D eigenvalue weighted by molar-refractivity contribution is 5.32. The zero-order chi connectivity index (χ0) is 9.80. The van der Waals surface area contributed by atoms with Gasteiger partial charge in [0, 0.05) is 12.7 Å². The number of hydrogen-bond acceptors (Lipinski definition) is 3. The van der Waals surface area contributed by atoms with Gasteiger partial charge in [-0.25, -0.2) is 9.97 Å². The van der Waals surface area contributed by atoms with Crippen molar-refractivity contribution in [1.29, 1.82) is 0 Å². The lowest BCUT2D eigenvalue weighted by molar-refractivity contribution is 0.578. The number of aryl methyl sites for hydroxylation is 1. The average molecular weight is 191 g/mol. The fourth-order valence-corrected chi connectivity index (χ4v) is 2.02. The lowest BCUT2D eigenvalue weighted by Crippen LogP contribution is -2.12. The number of nitrogens with one attached hydrogen (secondary N) is 1. The first-order chi connectivity index (χ1) is 6.84. The molecular weight excluding hydrogens is 174 g/mol. The van der Waals surface area contributed by atoms with Gasteiger partial charge in [-0.2, -0.15) is 0 Å². The van der Waals surface area contributed by atoms with E-state index in [0.29, 0.717) is 0 Å². The van der Waals surface area contributed by atoms with Crippen LogP contribution in [0, 0.1) is 12.8 Å². The fraction of sp³-hybridized carbons (Fsp3) is 0.636. The maximum atomic E-state index is 4.31. The summed E-state index contributed by atoms with van der Waals surface area (Å²) < 4.78 is 0. The molecule has 1 heterocycles. The maximum absolute atomic E-state index is 4.31. The Morgan fingerprint density at radius 1 is 1.43 bits per heavy atom. The summed E-state index contributed by atoms with van der Waals surface area (Å²) in [5.74, 6) is 2.65. The van der Waals surface area contributed by atoms with Crippen molar-refractivity contribution in [2.24, 2.45) is 5.92 Å². The lowest BCUT2D eigenvalue weighted by atomic mass is 10.1. The van der Waals surface area contributed by atoms with Crippen LogP contribution in [0.15, 0.2) is 12.3 Å². The lowest BCUT2D eigenvalue weighted by Gasteiger charge is -2.10. The summed E-state index contributed by atoms with van der Waals surface area (Å²) in [6.07, 6.45) is 7.34. The van der Waals surface area contributed by atoms with Crippen LogP contribution in [-0.4, -0.2) is 16.5 Å². The molecule has 1 aromatic rings. The van der Waals surface area contributed by atoms with E-state index < -0.39 is 0 Å². The Bertz CT molecular complexity index is 292. The second kappa shape index (κ2) is 4.40. The van der Waals surface area contributed by atoms with E-state index in [1.54, 1.807) is 6.20 Å². The minimum absolute atomic E-state index is 0.835. The van der Waals surface area contributed by atoms with Crippen molar-refractivity contribution in [3.63, 3.8) is 0 Å². The first-order valence-electron chi connectivity index (χ1n) is 5.38. The minimum Gasteiger partial charge on any atom is -0.370 e. The monoisotopic (exact) mass is 191 g/mol.